The van der Waals surface area contributed by atoms with Crippen LogP contribution >= 0.6 is 0 Å². The van der Waals surface area contributed by atoms with Crippen molar-refractivity contribution < 1.29 is 27.6 Å². The number of nitrogens with one attached hydrogen (secondary N) is 1. The van der Waals surface area contributed by atoms with Gasteiger partial charge in [0.15, 0.2) is 4.90 Å². The first-order valence-electron chi connectivity index (χ1n) is 8.62. The number of carbonyl (C=O) groups is 1. The molecule has 0 atom stereocenters. The molecule has 0 aliphatic rings. The topological polar surface area (TPSA) is 128 Å². The van der Waals surface area contributed by atoms with Crippen LogP contribution in [0.1, 0.15) is 0 Å². The van der Waals surface area contributed by atoms with Gasteiger partial charge in [0.25, 0.3) is 15.7 Å². The van der Waals surface area contributed by atoms with Gasteiger partial charge in [-0.25, -0.2) is 8.42 Å². The summed E-state index contributed by atoms with van der Waals surface area (Å²) in [6, 6.07) is 9.23. The van der Waals surface area contributed by atoms with E-state index in [4.69, 9.17) is 9.47 Å². The van der Waals surface area contributed by atoms with Crippen LogP contribution in [0, 0.1) is 10.1 Å². The molecule has 0 radical (unpaired) electrons. The second-order valence-corrected chi connectivity index (χ2v) is 7.70. The number of methoxy groups -OCH3 is 2. The van der Waals surface area contributed by atoms with Crippen molar-refractivity contribution in [3.63, 3.8) is 0 Å². The number of amides is 1. The zero-order valence-corrected chi connectivity index (χ0v) is 17.2. The van der Waals surface area contributed by atoms with Crippen LogP contribution in [0.25, 0.3) is 0 Å². The summed E-state index contributed by atoms with van der Waals surface area (Å²) in [5, 5.41) is 13.9. The maximum Gasteiger partial charge on any atom is 0.289 e. The Hall–Kier alpha value is -3.60. The van der Waals surface area contributed by atoms with E-state index in [1.54, 1.807) is 0 Å². The minimum atomic E-state index is -4.52. The van der Waals surface area contributed by atoms with Crippen LogP contribution < -0.4 is 19.1 Å². The number of para-hydroxylation sites is 1. The third-order valence-corrected chi connectivity index (χ3v) is 5.82. The maximum absolute atomic E-state index is 13.4. The van der Waals surface area contributed by atoms with Crippen molar-refractivity contribution in [1.29, 1.82) is 0 Å². The smallest absolute Gasteiger partial charge is 0.289 e. The molecule has 0 aliphatic heterocycles. The van der Waals surface area contributed by atoms with E-state index in [1.807, 2.05) is 0 Å². The van der Waals surface area contributed by atoms with E-state index >= 15 is 0 Å². The van der Waals surface area contributed by atoms with Gasteiger partial charge in [0, 0.05) is 18.7 Å². The summed E-state index contributed by atoms with van der Waals surface area (Å²) in [7, 11) is -1.76. The summed E-state index contributed by atoms with van der Waals surface area (Å²) in [5.41, 5.74) is -0.591. The molecule has 0 spiro atoms. The molecule has 10 nitrogen and oxygen atoms in total. The molecule has 0 aromatic heterocycles. The fourth-order valence-corrected chi connectivity index (χ4v) is 4.20. The second-order valence-electron chi connectivity index (χ2n) is 5.87. The zero-order valence-electron chi connectivity index (χ0n) is 16.4. The number of anilines is 1. The van der Waals surface area contributed by atoms with Crippen LogP contribution in [0.5, 0.6) is 11.5 Å². The lowest BCUT2D eigenvalue weighted by molar-refractivity contribution is -0.387. The molecule has 2 aromatic carbocycles. The number of benzene rings is 2. The monoisotopic (exact) mass is 435 g/mol. The Kier molecular flexibility index (Phi) is 7.37. The number of nitro groups is 1. The highest BCUT2D eigenvalue weighted by Crippen LogP contribution is 2.37. The van der Waals surface area contributed by atoms with Gasteiger partial charge >= 0.3 is 0 Å². The standard InChI is InChI=1S/C19H21N3O7S/c1-4-11-20-19(23)13-21(15-10-9-14(28-2)12-17(15)29-3)30(26,27)18-8-6-5-7-16(18)22(24)25/h4-10,12H,1,11,13H2,2-3H3,(H,20,23). The van der Waals surface area contributed by atoms with Crippen LogP contribution in [-0.2, 0) is 14.8 Å². The predicted octanol–water partition coefficient (Wildman–Crippen LogP) is 2.11. The lowest BCUT2D eigenvalue weighted by Gasteiger charge is -2.25. The van der Waals surface area contributed by atoms with Gasteiger partial charge in [-0.15, -0.1) is 6.58 Å². The highest BCUT2D eigenvalue weighted by molar-refractivity contribution is 7.93. The van der Waals surface area contributed by atoms with Gasteiger partial charge in [-0.3, -0.25) is 19.2 Å². The minimum Gasteiger partial charge on any atom is -0.497 e. The van der Waals surface area contributed by atoms with Gasteiger partial charge < -0.3 is 14.8 Å². The molecule has 1 N–H and O–H groups in total. The van der Waals surface area contributed by atoms with Crippen molar-refractivity contribution in [2.24, 2.45) is 0 Å². The number of ether oxygens (including phenoxy) is 2. The molecule has 30 heavy (non-hydrogen) atoms. The van der Waals surface area contributed by atoms with Gasteiger partial charge in [-0.05, 0) is 18.2 Å². The van der Waals surface area contributed by atoms with E-state index in [2.05, 4.69) is 11.9 Å². The van der Waals surface area contributed by atoms with Crippen LogP contribution in [0.4, 0.5) is 11.4 Å². The molecule has 0 saturated heterocycles. The van der Waals surface area contributed by atoms with Crippen molar-refractivity contribution in [2.75, 3.05) is 31.6 Å². The molecule has 160 valence electrons. The molecular formula is C19H21N3O7S. The Balaban J connectivity index is 2.66. The van der Waals surface area contributed by atoms with Gasteiger partial charge in [0.05, 0.1) is 24.8 Å². The van der Waals surface area contributed by atoms with Crippen LogP contribution in [0.15, 0.2) is 60.0 Å². The summed E-state index contributed by atoms with van der Waals surface area (Å²) in [5.74, 6) is -0.127. The van der Waals surface area contributed by atoms with Crippen molar-refractivity contribution in [1.82, 2.24) is 5.32 Å². The first-order valence-corrected chi connectivity index (χ1v) is 10.1. The van der Waals surface area contributed by atoms with Crippen molar-refractivity contribution in [3.8, 4) is 11.5 Å². The zero-order chi connectivity index (χ0) is 22.3. The number of hydrogen-bond acceptors (Lipinski definition) is 7. The lowest BCUT2D eigenvalue weighted by Crippen LogP contribution is -2.41. The quantitative estimate of drug-likeness (QED) is 0.344. The van der Waals surface area contributed by atoms with Crippen molar-refractivity contribution in [2.45, 2.75) is 4.90 Å². The molecule has 2 aromatic rings. The normalized spacial score (nSPS) is 10.7. The largest absolute Gasteiger partial charge is 0.497 e. The molecule has 0 fully saturated rings. The second kappa shape index (κ2) is 9.74. The van der Waals surface area contributed by atoms with E-state index in [9.17, 15) is 23.3 Å². The third-order valence-electron chi connectivity index (χ3n) is 4.02. The van der Waals surface area contributed by atoms with Gasteiger partial charge in [-0.2, -0.15) is 0 Å². The Morgan fingerprint density at radius 2 is 1.93 bits per heavy atom. The minimum absolute atomic E-state index is 0.0187. The highest BCUT2D eigenvalue weighted by Gasteiger charge is 2.34. The fraction of sp³-hybridized carbons (Fsp3) is 0.211. The Labute approximate surface area is 173 Å². The van der Waals surface area contributed by atoms with Gasteiger partial charge in [0.2, 0.25) is 5.91 Å². The third kappa shape index (κ3) is 4.87. The molecule has 0 bridgehead atoms. The fourth-order valence-electron chi connectivity index (χ4n) is 2.61. The average Bonchev–Trinajstić information content (AvgIpc) is 2.75. The summed E-state index contributed by atoms with van der Waals surface area (Å²) in [6.07, 6.45) is 1.44. The maximum atomic E-state index is 13.4. The number of nitro benzene ring substituents is 1. The van der Waals surface area contributed by atoms with E-state index in [0.29, 0.717) is 5.75 Å². The molecule has 0 heterocycles. The van der Waals surface area contributed by atoms with Crippen LogP contribution in [0.2, 0.25) is 0 Å². The number of hydrogen-bond donors (Lipinski definition) is 1. The number of rotatable bonds is 10. The van der Waals surface area contributed by atoms with Crippen LogP contribution in [0.3, 0.4) is 0 Å². The first-order chi connectivity index (χ1) is 14.3. The first kappa shape index (κ1) is 22.7. The Morgan fingerprint density at radius 1 is 1.23 bits per heavy atom. The summed E-state index contributed by atoms with van der Waals surface area (Å²) >= 11 is 0. The van der Waals surface area contributed by atoms with Crippen molar-refractivity contribution >= 4 is 27.3 Å². The molecular weight excluding hydrogens is 414 g/mol. The van der Waals surface area contributed by atoms with Crippen LogP contribution in [-0.4, -0.2) is 46.6 Å². The Bertz CT molecular complexity index is 1050. The molecule has 2 rings (SSSR count). The molecule has 0 aliphatic carbocycles. The van der Waals surface area contributed by atoms with E-state index in [-0.39, 0.29) is 18.0 Å². The molecule has 0 saturated carbocycles. The van der Waals surface area contributed by atoms with Gasteiger partial charge in [-0.1, -0.05) is 18.2 Å². The number of carbonyl (C=O) groups excluding carboxylic acids is 1. The number of sulfonamides is 1. The summed E-state index contributed by atoms with van der Waals surface area (Å²) in [4.78, 5) is 22.4. The molecule has 0 unspecified atom stereocenters. The van der Waals surface area contributed by atoms with E-state index < -0.39 is 38.0 Å². The van der Waals surface area contributed by atoms with E-state index in [0.717, 1.165) is 16.4 Å². The SMILES string of the molecule is C=CCNC(=O)CN(c1ccc(OC)cc1OC)S(=O)(=O)c1ccccc1[N+](=O)[O-]. The Morgan fingerprint density at radius 3 is 2.53 bits per heavy atom. The predicted molar refractivity (Wildman–Crippen MR) is 110 cm³/mol. The number of nitrogens with zero attached hydrogens (tertiary/aromatic N) is 2. The molecule has 1 amide bonds. The average molecular weight is 435 g/mol. The molecule has 11 heteroatoms. The summed E-state index contributed by atoms with van der Waals surface area (Å²) in [6.45, 7) is 2.98. The van der Waals surface area contributed by atoms with E-state index in [1.165, 1.54) is 50.6 Å². The van der Waals surface area contributed by atoms with Gasteiger partial charge in [0.1, 0.15) is 18.0 Å². The van der Waals surface area contributed by atoms with Crippen molar-refractivity contribution in [3.05, 3.63) is 65.2 Å². The summed E-state index contributed by atoms with van der Waals surface area (Å²) < 4.78 is 38.0. The highest BCUT2D eigenvalue weighted by atomic mass is 32.2. The lowest BCUT2D eigenvalue weighted by atomic mass is 10.2.